The summed E-state index contributed by atoms with van der Waals surface area (Å²) >= 11 is 0. The highest BCUT2D eigenvalue weighted by molar-refractivity contribution is 5.42. The number of nitrogens with zero attached hydrogens (tertiary/aromatic N) is 1. The molecule has 1 rings (SSSR count). The first kappa shape index (κ1) is 16.8. The van der Waals surface area contributed by atoms with Crippen LogP contribution >= 0.6 is 0 Å². The lowest BCUT2D eigenvalue weighted by Gasteiger charge is -2.34. The van der Waals surface area contributed by atoms with Crippen molar-refractivity contribution in [1.82, 2.24) is 4.90 Å². The van der Waals surface area contributed by atoms with Crippen molar-refractivity contribution < 1.29 is 9.84 Å². The molecule has 3 nitrogen and oxygen atoms in total. The Hall–Kier alpha value is -1.22. The van der Waals surface area contributed by atoms with Crippen LogP contribution in [0, 0.1) is 0 Å². The van der Waals surface area contributed by atoms with Crippen LogP contribution in [0.4, 0.5) is 0 Å². The molecule has 0 aliphatic rings. The van der Waals surface area contributed by atoms with Crippen LogP contribution in [0.1, 0.15) is 58.6 Å². The first-order chi connectivity index (χ1) is 9.54. The van der Waals surface area contributed by atoms with Crippen molar-refractivity contribution in [3.05, 3.63) is 23.8 Å². The number of benzene rings is 1. The molecule has 0 fully saturated rings. The lowest BCUT2D eigenvalue weighted by molar-refractivity contribution is 0.147. The highest BCUT2D eigenvalue weighted by Crippen LogP contribution is 2.32. The fourth-order valence-corrected chi connectivity index (χ4v) is 2.52. The molecule has 0 aliphatic carbocycles. The van der Waals surface area contributed by atoms with Crippen LogP contribution in [0.25, 0.3) is 0 Å². The van der Waals surface area contributed by atoms with Gasteiger partial charge in [-0.25, -0.2) is 0 Å². The zero-order valence-corrected chi connectivity index (χ0v) is 13.5. The van der Waals surface area contributed by atoms with Gasteiger partial charge >= 0.3 is 0 Å². The highest BCUT2D eigenvalue weighted by atomic mass is 16.5. The summed E-state index contributed by atoms with van der Waals surface area (Å²) in [4.78, 5) is 2.54. The first-order valence-corrected chi connectivity index (χ1v) is 7.67. The maximum Gasteiger partial charge on any atom is 0.160 e. The van der Waals surface area contributed by atoms with Crippen molar-refractivity contribution in [2.75, 3.05) is 13.7 Å². The molecule has 0 radical (unpaired) electrons. The van der Waals surface area contributed by atoms with Gasteiger partial charge in [0.15, 0.2) is 11.5 Å². The highest BCUT2D eigenvalue weighted by Gasteiger charge is 2.20. The molecule has 114 valence electrons. The summed E-state index contributed by atoms with van der Waals surface area (Å²) in [6.07, 6.45) is 3.56. The predicted molar refractivity (Wildman–Crippen MR) is 84.4 cm³/mol. The Bertz CT molecular complexity index is 406. The fourth-order valence-electron chi connectivity index (χ4n) is 2.52. The number of phenols is 1. The van der Waals surface area contributed by atoms with Gasteiger partial charge in [-0.15, -0.1) is 0 Å². The second-order valence-corrected chi connectivity index (χ2v) is 5.46. The molecule has 0 amide bonds. The SMILES string of the molecule is CCCCN(C(C)CC)C(C)c1ccc(O)c(OC)c1. The Morgan fingerprint density at radius 3 is 2.50 bits per heavy atom. The molecular formula is C17H29NO2. The average Bonchev–Trinajstić information content (AvgIpc) is 2.47. The smallest absolute Gasteiger partial charge is 0.160 e. The molecule has 0 saturated carbocycles. The van der Waals surface area contributed by atoms with Crippen molar-refractivity contribution in [1.29, 1.82) is 0 Å². The average molecular weight is 279 g/mol. The summed E-state index contributed by atoms with van der Waals surface area (Å²) < 4.78 is 5.21. The van der Waals surface area contributed by atoms with Crippen LogP contribution in [0.3, 0.4) is 0 Å². The predicted octanol–water partition coefficient (Wildman–Crippen LogP) is 4.36. The monoisotopic (exact) mass is 279 g/mol. The molecule has 2 atom stereocenters. The van der Waals surface area contributed by atoms with Crippen molar-refractivity contribution >= 4 is 0 Å². The quantitative estimate of drug-likeness (QED) is 0.767. The van der Waals surface area contributed by atoms with Gasteiger partial charge in [-0.1, -0.05) is 26.3 Å². The van der Waals surface area contributed by atoms with E-state index in [1.165, 1.54) is 18.4 Å². The van der Waals surface area contributed by atoms with Gasteiger partial charge in [0.2, 0.25) is 0 Å². The number of rotatable bonds is 8. The number of hydrogen-bond acceptors (Lipinski definition) is 3. The molecular weight excluding hydrogens is 250 g/mol. The van der Waals surface area contributed by atoms with Gasteiger partial charge < -0.3 is 9.84 Å². The molecule has 0 aromatic heterocycles. The summed E-state index contributed by atoms with van der Waals surface area (Å²) in [5.74, 6) is 0.751. The molecule has 0 saturated heterocycles. The van der Waals surface area contributed by atoms with E-state index in [0.29, 0.717) is 17.8 Å². The largest absolute Gasteiger partial charge is 0.504 e. The van der Waals surface area contributed by atoms with Crippen LogP contribution in [-0.2, 0) is 0 Å². The standard InChI is InChI=1S/C17H29NO2/c1-6-8-11-18(13(3)7-2)14(4)15-9-10-16(19)17(12-15)20-5/h9-10,12-14,19H,6-8,11H2,1-5H3. The summed E-state index contributed by atoms with van der Waals surface area (Å²) in [6.45, 7) is 10.1. The number of aromatic hydroxyl groups is 1. The fraction of sp³-hybridized carbons (Fsp3) is 0.647. The molecule has 1 aromatic rings. The van der Waals surface area contributed by atoms with E-state index < -0.39 is 0 Å². The molecule has 1 aromatic carbocycles. The molecule has 0 spiro atoms. The van der Waals surface area contributed by atoms with Crippen LogP contribution < -0.4 is 4.74 Å². The van der Waals surface area contributed by atoms with Crippen molar-refractivity contribution in [2.45, 2.75) is 59.0 Å². The zero-order valence-electron chi connectivity index (χ0n) is 13.5. The molecule has 3 heteroatoms. The molecule has 0 aliphatic heterocycles. The molecule has 2 unspecified atom stereocenters. The summed E-state index contributed by atoms with van der Waals surface area (Å²) in [5.41, 5.74) is 1.19. The van der Waals surface area contributed by atoms with E-state index in [1.54, 1.807) is 13.2 Å². The van der Waals surface area contributed by atoms with E-state index in [0.717, 1.165) is 13.0 Å². The zero-order chi connectivity index (χ0) is 15.1. The maximum absolute atomic E-state index is 9.71. The molecule has 20 heavy (non-hydrogen) atoms. The minimum Gasteiger partial charge on any atom is -0.504 e. The van der Waals surface area contributed by atoms with Gasteiger partial charge in [-0.3, -0.25) is 4.90 Å². The Morgan fingerprint density at radius 1 is 1.25 bits per heavy atom. The first-order valence-electron chi connectivity index (χ1n) is 7.67. The van der Waals surface area contributed by atoms with E-state index in [4.69, 9.17) is 4.74 Å². The van der Waals surface area contributed by atoms with Gasteiger partial charge in [0.1, 0.15) is 0 Å². The number of unbranched alkanes of at least 4 members (excludes halogenated alkanes) is 1. The third kappa shape index (κ3) is 4.14. The van der Waals surface area contributed by atoms with Gasteiger partial charge in [-0.05, 0) is 50.9 Å². The summed E-state index contributed by atoms with van der Waals surface area (Å²) in [6, 6.07) is 6.53. The van der Waals surface area contributed by atoms with Crippen LogP contribution in [0.2, 0.25) is 0 Å². The van der Waals surface area contributed by atoms with E-state index >= 15 is 0 Å². The number of ether oxygens (including phenoxy) is 1. The van der Waals surface area contributed by atoms with Crippen molar-refractivity contribution in [2.24, 2.45) is 0 Å². The lowest BCUT2D eigenvalue weighted by atomic mass is 10.0. The van der Waals surface area contributed by atoms with E-state index in [2.05, 4.69) is 32.6 Å². The van der Waals surface area contributed by atoms with Crippen LogP contribution in [-0.4, -0.2) is 29.7 Å². The van der Waals surface area contributed by atoms with Crippen LogP contribution in [0.5, 0.6) is 11.5 Å². The van der Waals surface area contributed by atoms with Gasteiger partial charge in [-0.2, -0.15) is 0 Å². The van der Waals surface area contributed by atoms with Crippen molar-refractivity contribution in [3.8, 4) is 11.5 Å². The third-order valence-corrected chi connectivity index (χ3v) is 4.11. The number of hydrogen-bond donors (Lipinski definition) is 1. The Morgan fingerprint density at radius 2 is 1.95 bits per heavy atom. The molecule has 0 bridgehead atoms. The molecule has 0 heterocycles. The second kappa shape index (κ2) is 8.15. The van der Waals surface area contributed by atoms with E-state index in [9.17, 15) is 5.11 Å². The van der Waals surface area contributed by atoms with Crippen LogP contribution in [0.15, 0.2) is 18.2 Å². The Labute approximate surface area is 123 Å². The lowest BCUT2D eigenvalue weighted by Crippen LogP contribution is -2.35. The minimum absolute atomic E-state index is 0.201. The molecule has 1 N–H and O–H groups in total. The van der Waals surface area contributed by atoms with Gasteiger partial charge in [0, 0.05) is 12.1 Å². The summed E-state index contributed by atoms with van der Waals surface area (Å²) in [5, 5.41) is 9.71. The second-order valence-electron chi connectivity index (χ2n) is 5.46. The number of methoxy groups -OCH3 is 1. The summed E-state index contributed by atoms with van der Waals surface area (Å²) in [7, 11) is 1.59. The Balaban J connectivity index is 2.95. The van der Waals surface area contributed by atoms with E-state index in [-0.39, 0.29) is 5.75 Å². The minimum atomic E-state index is 0.201. The normalized spacial score (nSPS) is 14.3. The third-order valence-electron chi connectivity index (χ3n) is 4.11. The van der Waals surface area contributed by atoms with E-state index in [1.807, 2.05) is 12.1 Å². The number of phenolic OH excluding ortho intramolecular Hbond substituents is 1. The van der Waals surface area contributed by atoms with Gasteiger partial charge in [0.25, 0.3) is 0 Å². The maximum atomic E-state index is 9.71. The van der Waals surface area contributed by atoms with Gasteiger partial charge in [0.05, 0.1) is 7.11 Å². The topological polar surface area (TPSA) is 32.7 Å². The Kier molecular flexibility index (Phi) is 6.86. The van der Waals surface area contributed by atoms with Crippen molar-refractivity contribution in [3.63, 3.8) is 0 Å².